The van der Waals surface area contributed by atoms with Crippen molar-refractivity contribution >= 4 is 6.09 Å². The van der Waals surface area contributed by atoms with E-state index in [4.69, 9.17) is 10.5 Å². The van der Waals surface area contributed by atoms with Crippen molar-refractivity contribution in [3.63, 3.8) is 0 Å². The quantitative estimate of drug-likeness (QED) is 0.706. The third-order valence-corrected chi connectivity index (χ3v) is 3.00. The molecule has 1 amide bonds. The van der Waals surface area contributed by atoms with Crippen LogP contribution in [0.1, 0.15) is 39.5 Å². The fraction of sp³-hybridized carbons (Fsp3) is 0.909. The number of amides is 1. The van der Waals surface area contributed by atoms with E-state index in [0.29, 0.717) is 6.04 Å². The molecule has 4 heteroatoms. The normalized spacial score (nSPS) is 18.6. The summed E-state index contributed by atoms with van der Waals surface area (Å²) in [6.45, 7) is 3.80. The molecule has 0 aromatic carbocycles. The van der Waals surface area contributed by atoms with Crippen molar-refractivity contribution in [3.05, 3.63) is 0 Å². The Labute approximate surface area is 91.5 Å². The molecule has 0 aliphatic heterocycles. The average Bonchev–Trinajstić information content (AvgIpc) is 2.86. The number of carbonyl (C=O) groups is 1. The number of hydrogen-bond donors (Lipinski definition) is 2. The molecule has 3 N–H and O–H groups in total. The number of nitrogens with one attached hydrogen (secondary N) is 1. The molecular weight excluding hydrogens is 192 g/mol. The van der Waals surface area contributed by atoms with Crippen LogP contribution in [0.4, 0.5) is 4.79 Å². The van der Waals surface area contributed by atoms with Gasteiger partial charge in [0.25, 0.3) is 0 Å². The van der Waals surface area contributed by atoms with Crippen LogP contribution in [0.2, 0.25) is 0 Å². The summed E-state index contributed by atoms with van der Waals surface area (Å²) >= 11 is 0. The zero-order valence-corrected chi connectivity index (χ0v) is 9.88. The molecule has 1 unspecified atom stereocenters. The SMILES string of the molecule is CNC(CCC(C)(C)OC(N)=O)C1CC1. The van der Waals surface area contributed by atoms with Crippen molar-refractivity contribution in [1.82, 2.24) is 5.32 Å². The van der Waals surface area contributed by atoms with Gasteiger partial charge in [0, 0.05) is 6.04 Å². The van der Waals surface area contributed by atoms with Crippen LogP contribution in [-0.4, -0.2) is 24.8 Å². The molecule has 1 rings (SSSR count). The molecule has 0 radical (unpaired) electrons. The molecule has 1 fully saturated rings. The smallest absolute Gasteiger partial charge is 0.405 e. The highest BCUT2D eigenvalue weighted by Gasteiger charge is 2.32. The van der Waals surface area contributed by atoms with Gasteiger partial charge in [-0.3, -0.25) is 0 Å². The van der Waals surface area contributed by atoms with E-state index in [2.05, 4.69) is 5.32 Å². The van der Waals surface area contributed by atoms with E-state index in [1.54, 1.807) is 0 Å². The van der Waals surface area contributed by atoms with Crippen molar-refractivity contribution in [2.75, 3.05) is 7.05 Å². The Morgan fingerprint density at radius 3 is 2.60 bits per heavy atom. The Morgan fingerprint density at radius 2 is 2.20 bits per heavy atom. The van der Waals surface area contributed by atoms with E-state index in [-0.39, 0.29) is 0 Å². The lowest BCUT2D eigenvalue weighted by Crippen LogP contribution is -2.35. The summed E-state index contributed by atoms with van der Waals surface area (Å²) in [4.78, 5) is 10.7. The first-order chi connectivity index (χ1) is 6.94. The predicted octanol–water partition coefficient (Wildman–Crippen LogP) is 1.64. The molecule has 0 aromatic rings. The number of hydrogen-bond acceptors (Lipinski definition) is 3. The number of nitrogens with two attached hydrogens (primary N) is 1. The molecule has 0 heterocycles. The minimum Gasteiger partial charge on any atom is -0.444 e. The second-order valence-corrected chi connectivity index (χ2v) is 4.95. The van der Waals surface area contributed by atoms with Gasteiger partial charge >= 0.3 is 6.09 Å². The summed E-state index contributed by atoms with van der Waals surface area (Å²) in [6, 6.07) is 0.556. The first kappa shape index (κ1) is 12.3. The standard InChI is InChI=1S/C11H22N2O2/c1-11(2,15-10(12)14)7-6-9(13-3)8-4-5-8/h8-9,13H,4-7H2,1-3H3,(H2,12,14). The molecule has 0 saturated heterocycles. The Kier molecular flexibility index (Phi) is 3.97. The minimum absolute atomic E-state index is 0.449. The number of ether oxygens (including phenoxy) is 1. The van der Waals surface area contributed by atoms with Crippen molar-refractivity contribution < 1.29 is 9.53 Å². The van der Waals surface area contributed by atoms with Crippen molar-refractivity contribution in [1.29, 1.82) is 0 Å². The van der Waals surface area contributed by atoms with Crippen LogP contribution in [0.25, 0.3) is 0 Å². The maximum absolute atomic E-state index is 10.7. The lowest BCUT2D eigenvalue weighted by Gasteiger charge is -2.26. The molecule has 0 spiro atoms. The Morgan fingerprint density at radius 1 is 1.60 bits per heavy atom. The predicted molar refractivity (Wildman–Crippen MR) is 59.6 cm³/mol. The largest absolute Gasteiger partial charge is 0.444 e. The van der Waals surface area contributed by atoms with Gasteiger partial charge in [-0.25, -0.2) is 4.79 Å². The molecular formula is C11H22N2O2. The van der Waals surface area contributed by atoms with Gasteiger partial charge in [-0.15, -0.1) is 0 Å². The molecule has 1 aliphatic carbocycles. The second kappa shape index (κ2) is 4.84. The van der Waals surface area contributed by atoms with Crippen LogP contribution >= 0.6 is 0 Å². The molecule has 0 aromatic heterocycles. The highest BCUT2D eigenvalue weighted by Crippen LogP contribution is 2.35. The Bertz CT molecular complexity index is 225. The summed E-state index contributed by atoms with van der Waals surface area (Å²) in [5, 5.41) is 3.32. The van der Waals surface area contributed by atoms with Crippen LogP contribution in [0.15, 0.2) is 0 Å². The van der Waals surface area contributed by atoms with Crippen LogP contribution in [0, 0.1) is 5.92 Å². The Hall–Kier alpha value is -0.770. The summed E-state index contributed by atoms with van der Waals surface area (Å²) < 4.78 is 5.04. The van der Waals surface area contributed by atoms with E-state index in [1.807, 2.05) is 20.9 Å². The molecule has 15 heavy (non-hydrogen) atoms. The average molecular weight is 214 g/mol. The lowest BCUT2D eigenvalue weighted by molar-refractivity contribution is 0.0352. The second-order valence-electron chi connectivity index (χ2n) is 4.95. The van der Waals surface area contributed by atoms with Gasteiger partial charge < -0.3 is 15.8 Å². The van der Waals surface area contributed by atoms with E-state index in [9.17, 15) is 4.79 Å². The van der Waals surface area contributed by atoms with Crippen molar-refractivity contribution in [2.45, 2.75) is 51.2 Å². The van der Waals surface area contributed by atoms with Gasteiger partial charge in [0.05, 0.1) is 0 Å². The van der Waals surface area contributed by atoms with E-state index in [1.165, 1.54) is 12.8 Å². The first-order valence-electron chi connectivity index (χ1n) is 5.60. The molecule has 4 nitrogen and oxygen atoms in total. The van der Waals surface area contributed by atoms with E-state index >= 15 is 0 Å². The fourth-order valence-electron chi connectivity index (χ4n) is 1.94. The number of primary amides is 1. The fourth-order valence-corrected chi connectivity index (χ4v) is 1.94. The maximum atomic E-state index is 10.7. The van der Waals surface area contributed by atoms with Crippen LogP contribution < -0.4 is 11.1 Å². The van der Waals surface area contributed by atoms with Gasteiger partial charge in [0.2, 0.25) is 0 Å². The maximum Gasteiger partial charge on any atom is 0.405 e. The number of rotatable bonds is 6. The minimum atomic E-state index is -0.688. The van der Waals surface area contributed by atoms with Crippen molar-refractivity contribution in [2.24, 2.45) is 11.7 Å². The first-order valence-corrected chi connectivity index (χ1v) is 5.60. The molecule has 0 bridgehead atoms. The van der Waals surface area contributed by atoms with Crippen LogP contribution in [0.3, 0.4) is 0 Å². The zero-order valence-electron chi connectivity index (χ0n) is 9.88. The Balaban J connectivity index is 2.29. The molecule has 1 aliphatic rings. The van der Waals surface area contributed by atoms with Gasteiger partial charge in [-0.2, -0.15) is 0 Å². The van der Waals surface area contributed by atoms with Crippen LogP contribution in [0.5, 0.6) is 0 Å². The molecule has 88 valence electrons. The lowest BCUT2D eigenvalue weighted by atomic mass is 9.97. The highest BCUT2D eigenvalue weighted by atomic mass is 16.6. The highest BCUT2D eigenvalue weighted by molar-refractivity contribution is 5.65. The monoisotopic (exact) mass is 214 g/mol. The zero-order chi connectivity index (χ0) is 11.5. The topological polar surface area (TPSA) is 64.3 Å². The summed E-state index contributed by atoms with van der Waals surface area (Å²) in [5.74, 6) is 0.819. The molecule has 1 saturated carbocycles. The van der Waals surface area contributed by atoms with Gasteiger partial charge in [-0.1, -0.05) is 0 Å². The van der Waals surface area contributed by atoms with Crippen LogP contribution in [-0.2, 0) is 4.74 Å². The van der Waals surface area contributed by atoms with Crippen molar-refractivity contribution in [3.8, 4) is 0 Å². The van der Waals surface area contributed by atoms with E-state index < -0.39 is 11.7 Å². The third kappa shape index (κ3) is 4.51. The summed E-state index contributed by atoms with van der Waals surface area (Å²) in [5.41, 5.74) is 4.56. The summed E-state index contributed by atoms with van der Waals surface area (Å²) in [7, 11) is 1.99. The van der Waals surface area contributed by atoms with Gasteiger partial charge in [0.1, 0.15) is 5.60 Å². The third-order valence-electron chi connectivity index (χ3n) is 3.00. The van der Waals surface area contributed by atoms with Gasteiger partial charge in [0.15, 0.2) is 0 Å². The van der Waals surface area contributed by atoms with Gasteiger partial charge in [-0.05, 0) is 52.5 Å². The number of carbonyl (C=O) groups excluding carboxylic acids is 1. The van der Waals surface area contributed by atoms with E-state index in [0.717, 1.165) is 18.8 Å². The summed E-state index contributed by atoms with van der Waals surface area (Å²) in [6.07, 6.45) is 3.83. The molecule has 1 atom stereocenters.